The summed E-state index contributed by atoms with van der Waals surface area (Å²) in [4.78, 5) is 64.3. The number of nitrogens with one attached hydrogen (secondary N) is 2. The number of amides is 2. The molecule has 452 valence electrons. The summed E-state index contributed by atoms with van der Waals surface area (Å²) >= 11 is 19.2. The molecule has 4 atom stereocenters. The van der Waals surface area contributed by atoms with Crippen LogP contribution in [0.25, 0.3) is 43.6 Å². The van der Waals surface area contributed by atoms with Crippen molar-refractivity contribution in [2.24, 2.45) is 0 Å². The highest BCUT2D eigenvalue weighted by molar-refractivity contribution is 6.34. The quantitative estimate of drug-likeness (QED) is 0.0690. The van der Waals surface area contributed by atoms with Gasteiger partial charge in [0.05, 0.1) is 45.0 Å². The van der Waals surface area contributed by atoms with Crippen LogP contribution in [0.5, 0.6) is 35.3 Å². The number of benzene rings is 2. The summed E-state index contributed by atoms with van der Waals surface area (Å²) in [5.41, 5.74) is 1.45. The van der Waals surface area contributed by atoms with Crippen molar-refractivity contribution in [2.45, 2.75) is 51.2 Å². The van der Waals surface area contributed by atoms with Gasteiger partial charge in [0.25, 0.3) is 0 Å². The summed E-state index contributed by atoms with van der Waals surface area (Å²) in [6.07, 6.45) is 6.18. The van der Waals surface area contributed by atoms with Gasteiger partial charge in [-0.2, -0.15) is 35.1 Å². The van der Waals surface area contributed by atoms with Gasteiger partial charge in [0.15, 0.2) is 11.5 Å². The molecule has 0 aliphatic carbocycles. The van der Waals surface area contributed by atoms with E-state index in [9.17, 15) is 18.4 Å². The first-order chi connectivity index (χ1) is 41.5. The number of piperazine rings is 2. The normalized spacial score (nSPS) is 19.4. The molecular formula is C57H61Cl3F2N16O8. The Balaban J connectivity index is 0.000000179. The highest BCUT2D eigenvalue weighted by Gasteiger charge is 2.38. The minimum Gasteiger partial charge on any atom is -0.456 e. The molecule has 0 spiro atoms. The number of fused-ring (bicyclic) bond motifs is 4. The van der Waals surface area contributed by atoms with Crippen molar-refractivity contribution in [1.82, 2.24) is 69.9 Å². The first-order valence-electron chi connectivity index (χ1n) is 27.8. The number of nitrogens with zero attached hydrogens (tertiary/aromatic N) is 14. The molecule has 8 aromatic rings. The average Bonchev–Trinajstić information content (AvgIpc) is 2.09. The van der Waals surface area contributed by atoms with Crippen LogP contribution in [0, 0.1) is 11.6 Å². The van der Waals surface area contributed by atoms with Gasteiger partial charge in [0, 0.05) is 117 Å². The Kier molecular flexibility index (Phi) is 17.8. The molecule has 0 bridgehead atoms. The number of pyridine rings is 2. The molecule has 10 heterocycles. The van der Waals surface area contributed by atoms with Crippen LogP contribution in [0.15, 0.2) is 68.2 Å². The van der Waals surface area contributed by atoms with Gasteiger partial charge in [0.1, 0.15) is 73.9 Å². The molecule has 29 heteroatoms. The van der Waals surface area contributed by atoms with E-state index in [2.05, 4.69) is 72.1 Å². The molecule has 4 saturated heterocycles. The van der Waals surface area contributed by atoms with E-state index in [0.29, 0.717) is 141 Å². The summed E-state index contributed by atoms with van der Waals surface area (Å²) in [6.45, 7) is 20.5. The number of hydrogen-bond donors (Lipinski definition) is 2. The Morgan fingerprint density at radius 3 is 1.70 bits per heavy atom. The molecule has 4 fully saturated rings. The number of anilines is 2. The number of hydrogen-bond acceptors (Lipinski definition) is 20. The molecule has 2 aromatic carbocycles. The molecule has 12 rings (SSSR count). The highest BCUT2D eigenvalue weighted by atomic mass is 35.5. The fourth-order valence-electron chi connectivity index (χ4n) is 10.9. The second-order valence-corrected chi connectivity index (χ2v) is 22.2. The number of carbonyl (C=O) groups excluding carboxylic acids is 2. The number of aromatic nitrogens is 10. The third-order valence-corrected chi connectivity index (χ3v) is 16.3. The van der Waals surface area contributed by atoms with Crippen LogP contribution in [0.4, 0.5) is 20.4 Å². The zero-order valence-electron chi connectivity index (χ0n) is 47.6. The van der Waals surface area contributed by atoms with E-state index in [-0.39, 0.29) is 92.2 Å². The lowest BCUT2D eigenvalue weighted by Crippen LogP contribution is -2.48. The predicted molar refractivity (Wildman–Crippen MR) is 319 cm³/mol. The van der Waals surface area contributed by atoms with Gasteiger partial charge < -0.3 is 48.0 Å². The molecule has 0 saturated carbocycles. The average molecular weight is 1240 g/mol. The van der Waals surface area contributed by atoms with Gasteiger partial charge in [-0.25, -0.2) is 13.8 Å². The highest BCUT2D eigenvalue weighted by Crippen LogP contribution is 2.43. The molecule has 0 unspecified atom stereocenters. The summed E-state index contributed by atoms with van der Waals surface area (Å²) < 4.78 is 66.2. The number of methoxy groups -OCH3 is 1. The molecule has 4 aliphatic heterocycles. The zero-order chi connectivity index (χ0) is 60.5. The molecule has 86 heavy (non-hydrogen) atoms. The lowest BCUT2D eigenvalue weighted by Gasteiger charge is -2.35. The van der Waals surface area contributed by atoms with Crippen LogP contribution in [0.3, 0.4) is 0 Å². The van der Waals surface area contributed by atoms with E-state index in [1.54, 1.807) is 35.2 Å². The number of carbonyl (C=O) groups is 2. The fourth-order valence-corrected chi connectivity index (χ4v) is 11.5. The van der Waals surface area contributed by atoms with Gasteiger partial charge in [-0.3, -0.25) is 29.6 Å². The number of H-pyrrole nitrogens is 2. The number of likely N-dealkylation sites (N-methyl/N-ethyl adjacent to an activating group) is 1. The van der Waals surface area contributed by atoms with E-state index >= 15 is 0 Å². The summed E-state index contributed by atoms with van der Waals surface area (Å²) in [5.74, 6) is -0.334. The number of aromatic amines is 2. The van der Waals surface area contributed by atoms with E-state index < -0.39 is 11.6 Å². The van der Waals surface area contributed by atoms with Crippen LogP contribution in [0.2, 0.25) is 15.2 Å². The second-order valence-electron chi connectivity index (χ2n) is 21.1. The first-order valence-corrected chi connectivity index (χ1v) is 28.9. The Morgan fingerprint density at radius 1 is 0.674 bits per heavy atom. The lowest BCUT2D eigenvalue weighted by atomic mass is 10.2. The third kappa shape index (κ3) is 12.3. The minimum absolute atomic E-state index is 0.00879. The largest absolute Gasteiger partial charge is 0.456 e. The molecule has 2 amide bonds. The smallest absolute Gasteiger partial charge is 0.319 e. The van der Waals surface area contributed by atoms with E-state index in [1.807, 2.05) is 18.9 Å². The van der Waals surface area contributed by atoms with Crippen molar-refractivity contribution in [3.05, 3.63) is 95.0 Å². The van der Waals surface area contributed by atoms with E-state index in [0.717, 1.165) is 0 Å². The van der Waals surface area contributed by atoms with Gasteiger partial charge in [0.2, 0.25) is 23.6 Å². The Morgan fingerprint density at radius 2 is 1.17 bits per heavy atom. The molecule has 24 nitrogen and oxygen atoms in total. The minimum atomic E-state index is -0.696. The maximum atomic E-state index is 14.7. The van der Waals surface area contributed by atoms with Gasteiger partial charge in [-0.05, 0) is 52.1 Å². The van der Waals surface area contributed by atoms with Crippen LogP contribution in [0.1, 0.15) is 20.8 Å². The lowest BCUT2D eigenvalue weighted by molar-refractivity contribution is -0.127. The molecule has 2 N–H and O–H groups in total. The fraction of sp³-hybridized carbons (Fsp3) is 0.404. The molecule has 4 aliphatic rings. The van der Waals surface area contributed by atoms with Crippen LogP contribution >= 0.6 is 34.8 Å². The van der Waals surface area contributed by atoms with Gasteiger partial charge in [-0.1, -0.05) is 48.0 Å². The van der Waals surface area contributed by atoms with Gasteiger partial charge in [-0.15, -0.1) is 0 Å². The molecule has 6 aromatic heterocycles. The van der Waals surface area contributed by atoms with Crippen LogP contribution in [-0.2, 0) is 19.1 Å². The Labute approximate surface area is 506 Å². The number of ether oxygens (including phenoxy) is 6. The topological polar surface area (TPSA) is 244 Å². The number of halogens is 5. The third-order valence-electron chi connectivity index (χ3n) is 15.4. The summed E-state index contributed by atoms with van der Waals surface area (Å²) in [7, 11) is 3.65. The Hall–Kier alpha value is -7.85. The second kappa shape index (κ2) is 25.6. The summed E-state index contributed by atoms with van der Waals surface area (Å²) in [5, 5.41) is 15.2. The number of rotatable bonds is 16. The van der Waals surface area contributed by atoms with Gasteiger partial charge >= 0.3 is 12.0 Å². The SMILES string of the molecule is C=CC(=O)N1CCN(c2nc(O[C@@H]3CN(C(C)C)C[C@H]3OC)nc3c(Oc4c(Cl)c(F)cc5[nH]ncc45)nccc23)CC1.C=CC(=O)N1CCN(c2nc(O[C@@H]3CN(C)C[C@H]3OCC)nc3c(Oc4c(Cl)c(F)cc5[nH]ncc45)nc(Cl)cc23)CC1. The van der Waals surface area contributed by atoms with Crippen molar-refractivity contribution in [2.75, 3.05) is 109 Å². The first kappa shape index (κ1) is 59.9. The Bertz CT molecular complexity index is 3870. The van der Waals surface area contributed by atoms with E-state index in [1.165, 1.54) is 36.7 Å². The van der Waals surface area contributed by atoms with Crippen molar-refractivity contribution in [3.63, 3.8) is 0 Å². The van der Waals surface area contributed by atoms with E-state index in [4.69, 9.17) is 83.2 Å². The van der Waals surface area contributed by atoms with Crippen molar-refractivity contribution < 1.29 is 46.8 Å². The van der Waals surface area contributed by atoms with Crippen molar-refractivity contribution in [1.29, 1.82) is 0 Å². The maximum Gasteiger partial charge on any atom is 0.319 e. The zero-order valence-corrected chi connectivity index (χ0v) is 49.9. The standard InChI is InChI=1S/C29H32ClFN8O4.C28H29Cl2FN8O4/c1-5-23(40)37-8-10-38(11-9-37)27-17-6-7-32-28(43-26-18-13-33-36-20(18)12-19(31)24(26)30)25(17)34-29(35-27)42-22-15-39(16(2)3)14-21(22)41-4;1-4-22(40)38-6-8-39(9-7-38)26-15-10-21(29)33-27(43-25-16-12-32-36-18(16)11-17(31)23(25)30)24(15)34-28(35-26)42-20-14-37(3)13-19(20)41-5-2/h5-7,12-13,16,21-22H,1,8-11,14-15H2,2-4H3,(H,33,36);4,10-12,19-20H,1,5-9,13-14H2,2-3H3,(H,32,36)/t21-,22-;19-,20-/m11/s1. The van der Waals surface area contributed by atoms with Crippen LogP contribution in [-0.4, -0.2) is 211 Å². The summed E-state index contributed by atoms with van der Waals surface area (Å²) in [6, 6.07) is 6.44. The van der Waals surface area contributed by atoms with Crippen molar-refractivity contribution >= 4 is 102 Å². The monoisotopic (exact) mass is 1240 g/mol. The predicted octanol–water partition coefficient (Wildman–Crippen LogP) is 7.88. The van der Waals surface area contributed by atoms with Crippen LogP contribution < -0.4 is 28.7 Å². The molecular weight excluding hydrogens is 1180 g/mol. The molecule has 0 radical (unpaired) electrons. The number of likely N-dealkylation sites (tertiary alicyclic amines) is 2. The van der Waals surface area contributed by atoms with Crippen molar-refractivity contribution in [3.8, 4) is 35.3 Å². The maximum absolute atomic E-state index is 14.7.